The number of aromatic nitrogens is 2. The summed E-state index contributed by atoms with van der Waals surface area (Å²) < 4.78 is 18.0. The Kier molecular flexibility index (Phi) is 7.32. The highest BCUT2D eigenvalue weighted by atomic mass is 16.5. The Bertz CT molecular complexity index is 1020. The molecule has 0 atom stereocenters. The second-order valence-corrected chi connectivity index (χ2v) is 6.47. The van der Waals surface area contributed by atoms with Gasteiger partial charge in [-0.05, 0) is 62.2 Å². The topological polar surface area (TPSA) is 74.6 Å². The smallest absolute Gasteiger partial charge is 0.297 e. The molecule has 0 aliphatic carbocycles. The van der Waals surface area contributed by atoms with Crippen molar-refractivity contribution < 1.29 is 14.2 Å². The second-order valence-electron chi connectivity index (χ2n) is 6.47. The van der Waals surface area contributed by atoms with E-state index in [1.807, 2.05) is 56.3 Å². The Labute approximate surface area is 176 Å². The molecule has 2 aromatic carbocycles. The van der Waals surface area contributed by atoms with Gasteiger partial charge in [0.25, 0.3) is 5.56 Å². The second kappa shape index (κ2) is 10.3. The quantitative estimate of drug-likeness (QED) is 0.550. The van der Waals surface area contributed by atoms with E-state index in [0.717, 1.165) is 28.5 Å². The molecule has 0 aliphatic rings. The van der Waals surface area contributed by atoms with Crippen molar-refractivity contribution in [3.8, 4) is 22.9 Å². The maximum atomic E-state index is 12.8. The molecule has 1 heterocycles. The van der Waals surface area contributed by atoms with Gasteiger partial charge in [0.05, 0.1) is 20.3 Å². The fraction of sp³-hybridized carbons (Fsp3) is 0.304. The largest absolute Gasteiger partial charge is 0.497 e. The molecule has 7 heteroatoms. The number of methoxy groups -OCH3 is 1. The van der Waals surface area contributed by atoms with Crippen LogP contribution in [-0.4, -0.2) is 36.4 Å². The van der Waals surface area contributed by atoms with Crippen molar-refractivity contribution in [3.63, 3.8) is 0 Å². The van der Waals surface area contributed by atoms with Gasteiger partial charge in [-0.1, -0.05) is 6.07 Å². The molecule has 1 aromatic heterocycles. The normalized spacial score (nSPS) is 10.5. The van der Waals surface area contributed by atoms with Crippen molar-refractivity contribution in [2.75, 3.05) is 32.2 Å². The van der Waals surface area contributed by atoms with E-state index in [0.29, 0.717) is 32.0 Å². The summed E-state index contributed by atoms with van der Waals surface area (Å²) in [5, 5.41) is 3.14. The maximum Gasteiger partial charge on any atom is 0.297 e. The fourth-order valence-electron chi connectivity index (χ4n) is 3.06. The average molecular weight is 409 g/mol. The molecule has 7 nitrogen and oxygen atoms in total. The minimum absolute atomic E-state index is 0.204. The van der Waals surface area contributed by atoms with Crippen LogP contribution in [0.1, 0.15) is 19.4 Å². The minimum atomic E-state index is -0.204. The molecule has 0 radical (unpaired) electrons. The zero-order valence-corrected chi connectivity index (χ0v) is 17.6. The molecule has 3 rings (SSSR count). The Morgan fingerprint density at radius 1 is 1.00 bits per heavy atom. The lowest BCUT2D eigenvalue weighted by molar-refractivity contribution is 0.287. The lowest BCUT2D eigenvalue weighted by Crippen LogP contribution is -2.24. The highest BCUT2D eigenvalue weighted by Crippen LogP contribution is 2.28. The van der Waals surface area contributed by atoms with Crippen LogP contribution in [0.4, 0.5) is 5.82 Å². The molecule has 0 spiro atoms. The maximum absolute atomic E-state index is 12.8. The van der Waals surface area contributed by atoms with E-state index in [4.69, 9.17) is 14.2 Å². The molecule has 1 N–H and O–H groups in total. The van der Waals surface area contributed by atoms with Gasteiger partial charge in [0.15, 0.2) is 17.3 Å². The van der Waals surface area contributed by atoms with Crippen molar-refractivity contribution in [3.05, 3.63) is 70.8 Å². The zero-order valence-electron chi connectivity index (χ0n) is 17.6. The third-order valence-electron chi connectivity index (χ3n) is 4.51. The van der Waals surface area contributed by atoms with Crippen molar-refractivity contribution in [2.45, 2.75) is 20.3 Å². The van der Waals surface area contributed by atoms with E-state index in [-0.39, 0.29) is 5.56 Å². The van der Waals surface area contributed by atoms with E-state index in [2.05, 4.69) is 10.3 Å². The van der Waals surface area contributed by atoms with Crippen LogP contribution in [0.2, 0.25) is 0 Å². The lowest BCUT2D eigenvalue weighted by atomic mass is 10.1. The zero-order chi connectivity index (χ0) is 21.3. The molecule has 0 bridgehead atoms. The van der Waals surface area contributed by atoms with Crippen molar-refractivity contribution >= 4 is 5.82 Å². The highest BCUT2D eigenvalue weighted by molar-refractivity contribution is 5.44. The van der Waals surface area contributed by atoms with E-state index in [9.17, 15) is 4.79 Å². The molecule has 0 fully saturated rings. The first-order valence-corrected chi connectivity index (χ1v) is 10.0. The van der Waals surface area contributed by atoms with Gasteiger partial charge in [-0.15, -0.1) is 0 Å². The standard InChI is InChI=1S/C23H27N3O4/c1-4-29-20-11-6-17(16-21(20)30-5-2)12-13-24-22-23(27)26(15-14-25-22)18-7-9-19(28-3)10-8-18/h6-11,14-16H,4-5,12-13H2,1-3H3,(H,24,25). The van der Waals surface area contributed by atoms with Crippen molar-refractivity contribution in [2.24, 2.45) is 0 Å². The number of benzene rings is 2. The number of rotatable bonds is 10. The van der Waals surface area contributed by atoms with Gasteiger partial charge in [-0.3, -0.25) is 9.36 Å². The van der Waals surface area contributed by atoms with Crippen LogP contribution in [-0.2, 0) is 6.42 Å². The van der Waals surface area contributed by atoms with E-state index in [1.165, 1.54) is 0 Å². The van der Waals surface area contributed by atoms with Crippen LogP contribution in [0.5, 0.6) is 17.2 Å². The summed E-state index contributed by atoms with van der Waals surface area (Å²) in [5.74, 6) is 2.52. The predicted molar refractivity (Wildman–Crippen MR) is 117 cm³/mol. The van der Waals surface area contributed by atoms with Gasteiger partial charge in [-0.2, -0.15) is 0 Å². The van der Waals surface area contributed by atoms with Crippen molar-refractivity contribution in [1.82, 2.24) is 9.55 Å². The number of nitrogens with one attached hydrogen (secondary N) is 1. The lowest BCUT2D eigenvalue weighted by Gasteiger charge is -2.13. The number of hydrogen-bond acceptors (Lipinski definition) is 6. The average Bonchev–Trinajstić information content (AvgIpc) is 2.77. The summed E-state index contributed by atoms with van der Waals surface area (Å²) in [6.45, 7) is 5.61. The van der Waals surface area contributed by atoms with Gasteiger partial charge in [0.1, 0.15) is 5.75 Å². The van der Waals surface area contributed by atoms with Crippen LogP contribution < -0.4 is 25.1 Å². The van der Waals surface area contributed by atoms with Crippen LogP contribution in [0.3, 0.4) is 0 Å². The Balaban J connectivity index is 1.69. The molecular weight excluding hydrogens is 382 g/mol. The SMILES string of the molecule is CCOc1ccc(CCNc2nccn(-c3ccc(OC)cc3)c2=O)cc1OCC. The van der Waals surface area contributed by atoms with E-state index >= 15 is 0 Å². The third kappa shape index (κ3) is 5.11. The molecule has 0 amide bonds. The molecule has 0 saturated heterocycles. The van der Waals surface area contributed by atoms with Crippen LogP contribution in [0.15, 0.2) is 59.7 Å². The first kappa shape index (κ1) is 21.2. The summed E-state index contributed by atoms with van der Waals surface area (Å²) >= 11 is 0. The molecular formula is C23H27N3O4. The Hall–Kier alpha value is -3.48. The van der Waals surface area contributed by atoms with Gasteiger partial charge in [0, 0.05) is 24.6 Å². The summed E-state index contributed by atoms with van der Waals surface area (Å²) in [6, 6.07) is 13.2. The molecule has 0 aliphatic heterocycles. The number of hydrogen-bond donors (Lipinski definition) is 1. The molecule has 158 valence electrons. The highest BCUT2D eigenvalue weighted by Gasteiger charge is 2.09. The van der Waals surface area contributed by atoms with Crippen LogP contribution in [0.25, 0.3) is 5.69 Å². The first-order valence-electron chi connectivity index (χ1n) is 10.0. The van der Waals surface area contributed by atoms with Gasteiger partial charge >= 0.3 is 0 Å². The fourth-order valence-corrected chi connectivity index (χ4v) is 3.06. The summed E-state index contributed by atoms with van der Waals surface area (Å²) in [5.41, 5.74) is 1.63. The Morgan fingerprint density at radius 3 is 2.43 bits per heavy atom. The minimum Gasteiger partial charge on any atom is -0.497 e. The van der Waals surface area contributed by atoms with Gasteiger partial charge < -0.3 is 19.5 Å². The molecule has 0 saturated carbocycles. The van der Waals surface area contributed by atoms with Gasteiger partial charge in [0.2, 0.25) is 0 Å². The number of anilines is 1. The summed E-state index contributed by atoms with van der Waals surface area (Å²) in [7, 11) is 1.61. The number of nitrogens with zero attached hydrogens (tertiary/aromatic N) is 2. The third-order valence-corrected chi connectivity index (χ3v) is 4.51. The Morgan fingerprint density at radius 2 is 1.73 bits per heavy atom. The number of ether oxygens (including phenoxy) is 3. The first-order chi connectivity index (χ1) is 14.7. The molecule has 30 heavy (non-hydrogen) atoms. The van der Waals surface area contributed by atoms with E-state index in [1.54, 1.807) is 24.1 Å². The predicted octanol–water partition coefficient (Wildman–Crippen LogP) is 3.69. The van der Waals surface area contributed by atoms with Gasteiger partial charge in [-0.25, -0.2) is 4.98 Å². The van der Waals surface area contributed by atoms with Crippen LogP contribution >= 0.6 is 0 Å². The van der Waals surface area contributed by atoms with Crippen molar-refractivity contribution in [1.29, 1.82) is 0 Å². The van der Waals surface area contributed by atoms with Crippen LogP contribution in [0, 0.1) is 0 Å². The molecule has 0 unspecified atom stereocenters. The monoisotopic (exact) mass is 409 g/mol. The summed E-state index contributed by atoms with van der Waals surface area (Å²) in [4.78, 5) is 17.0. The molecule has 3 aromatic rings. The van der Waals surface area contributed by atoms with E-state index < -0.39 is 0 Å². The summed E-state index contributed by atoms with van der Waals surface area (Å²) in [6.07, 6.45) is 3.97.